The third-order valence-corrected chi connectivity index (χ3v) is 3.42. The van der Waals surface area contributed by atoms with Crippen LogP contribution in [0.2, 0.25) is 0 Å². The molecule has 0 aromatic carbocycles. The van der Waals surface area contributed by atoms with E-state index in [4.69, 9.17) is 4.74 Å². The average Bonchev–Trinajstić information content (AvgIpc) is 2.97. The van der Waals surface area contributed by atoms with E-state index in [2.05, 4.69) is 10.4 Å². The van der Waals surface area contributed by atoms with E-state index in [0.29, 0.717) is 6.04 Å². The molecule has 0 aliphatic carbocycles. The van der Waals surface area contributed by atoms with Crippen LogP contribution in [0.15, 0.2) is 12.3 Å². The van der Waals surface area contributed by atoms with Gasteiger partial charge in [0.15, 0.2) is 0 Å². The van der Waals surface area contributed by atoms with E-state index in [0.717, 1.165) is 38.2 Å². The molecule has 1 aliphatic rings. The summed E-state index contributed by atoms with van der Waals surface area (Å²) in [6.45, 7) is 8.04. The largest absolute Gasteiger partial charge is 0.444 e. The summed E-state index contributed by atoms with van der Waals surface area (Å²) in [5.41, 5.74) is 0.661. The predicted molar refractivity (Wildman–Crippen MR) is 81.1 cm³/mol. The van der Waals surface area contributed by atoms with Crippen molar-refractivity contribution in [1.29, 1.82) is 0 Å². The molecule has 1 N–H and O–H groups in total. The van der Waals surface area contributed by atoms with E-state index >= 15 is 0 Å². The Balaban J connectivity index is 1.69. The van der Waals surface area contributed by atoms with Crippen molar-refractivity contribution >= 4 is 6.09 Å². The number of nitrogens with zero attached hydrogens (tertiary/aromatic N) is 3. The zero-order valence-corrected chi connectivity index (χ0v) is 13.4. The summed E-state index contributed by atoms with van der Waals surface area (Å²) in [6.07, 6.45) is 3.62. The topological polar surface area (TPSA) is 59.4 Å². The highest BCUT2D eigenvalue weighted by molar-refractivity contribution is 5.68. The second kappa shape index (κ2) is 6.47. The molecule has 0 radical (unpaired) electrons. The minimum absolute atomic E-state index is 0.212. The number of rotatable bonds is 4. The van der Waals surface area contributed by atoms with Crippen LogP contribution in [0.4, 0.5) is 4.79 Å². The monoisotopic (exact) mass is 294 g/mol. The predicted octanol–water partition coefficient (Wildman–Crippen LogP) is 1.56. The third-order valence-electron chi connectivity index (χ3n) is 3.42. The van der Waals surface area contributed by atoms with Crippen LogP contribution in [0.25, 0.3) is 0 Å². The quantitative estimate of drug-likeness (QED) is 0.915. The van der Waals surface area contributed by atoms with Crippen LogP contribution >= 0.6 is 0 Å². The Morgan fingerprint density at radius 1 is 1.52 bits per heavy atom. The molecule has 0 spiro atoms. The maximum Gasteiger partial charge on any atom is 0.410 e. The molecule has 1 aromatic heterocycles. The molecule has 0 bridgehead atoms. The summed E-state index contributed by atoms with van der Waals surface area (Å²) in [6, 6.07) is 2.38. The fourth-order valence-electron chi connectivity index (χ4n) is 2.42. The number of nitrogens with one attached hydrogen (secondary N) is 1. The Hall–Kier alpha value is -1.56. The summed E-state index contributed by atoms with van der Waals surface area (Å²) in [5.74, 6) is 0. The van der Waals surface area contributed by atoms with E-state index in [1.165, 1.54) is 0 Å². The number of likely N-dealkylation sites (tertiary alicyclic amines) is 1. The van der Waals surface area contributed by atoms with E-state index < -0.39 is 5.60 Å². The van der Waals surface area contributed by atoms with Gasteiger partial charge in [-0.1, -0.05) is 0 Å². The van der Waals surface area contributed by atoms with Crippen LogP contribution in [0.1, 0.15) is 32.9 Å². The number of ether oxygens (including phenoxy) is 1. The van der Waals surface area contributed by atoms with Crippen LogP contribution in [-0.2, 0) is 18.2 Å². The molecule has 1 amide bonds. The van der Waals surface area contributed by atoms with Crippen LogP contribution < -0.4 is 5.32 Å². The average molecular weight is 294 g/mol. The van der Waals surface area contributed by atoms with Gasteiger partial charge in [-0.25, -0.2) is 4.79 Å². The van der Waals surface area contributed by atoms with Gasteiger partial charge in [-0.15, -0.1) is 0 Å². The van der Waals surface area contributed by atoms with Crippen LogP contribution in [-0.4, -0.2) is 52.1 Å². The van der Waals surface area contributed by atoms with E-state index in [1.54, 1.807) is 4.90 Å². The van der Waals surface area contributed by atoms with Crippen molar-refractivity contribution in [3.63, 3.8) is 0 Å². The molecule has 1 atom stereocenters. The molecule has 21 heavy (non-hydrogen) atoms. The Labute approximate surface area is 126 Å². The molecule has 1 fully saturated rings. The van der Waals surface area contributed by atoms with Gasteiger partial charge in [0, 0.05) is 45.3 Å². The van der Waals surface area contributed by atoms with E-state index in [9.17, 15) is 4.79 Å². The lowest BCUT2D eigenvalue weighted by Crippen LogP contribution is -2.38. The maximum atomic E-state index is 12.0. The van der Waals surface area contributed by atoms with Crippen molar-refractivity contribution < 1.29 is 9.53 Å². The minimum Gasteiger partial charge on any atom is -0.444 e. The molecule has 2 rings (SSSR count). The zero-order chi connectivity index (χ0) is 15.5. The number of carbonyl (C=O) groups excluding carboxylic acids is 1. The van der Waals surface area contributed by atoms with E-state index in [1.807, 2.05) is 44.8 Å². The maximum absolute atomic E-state index is 12.0. The summed E-state index contributed by atoms with van der Waals surface area (Å²) < 4.78 is 7.21. The first-order valence-electron chi connectivity index (χ1n) is 7.53. The number of hydrogen-bond donors (Lipinski definition) is 1. The van der Waals surface area contributed by atoms with Gasteiger partial charge in [0.2, 0.25) is 0 Å². The molecule has 6 heteroatoms. The second-order valence-corrected chi connectivity index (χ2v) is 6.60. The molecular formula is C15H26N4O2. The Morgan fingerprint density at radius 3 is 2.90 bits per heavy atom. The fraction of sp³-hybridized carbons (Fsp3) is 0.733. The lowest BCUT2D eigenvalue weighted by molar-refractivity contribution is 0.0291. The van der Waals surface area contributed by atoms with Crippen LogP contribution in [0.3, 0.4) is 0 Å². The molecule has 118 valence electrons. The second-order valence-electron chi connectivity index (χ2n) is 6.60. The molecule has 2 heterocycles. The highest BCUT2D eigenvalue weighted by Crippen LogP contribution is 2.15. The standard InChI is InChI=1S/C15H26N4O2/c1-15(2,3)21-14(20)19-10-7-13(11-19)16-8-5-12-6-9-18(4)17-12/h6,9,13,16H,5,7-8,10-11H2,1-4H3. The van der Waals surface area contributed by atoms with Crippen LogP contribution in [0, 0.1) is 0 Å². The summed E-state index contributed by atoms with van der Waals surface area (Å²) >= 11 is 0. The zero-order valence-electron chi connectivity index (χ0n) is 13.4. The first-order chi connectivity index (χ1) is 9.83. The Morgan fingerprint density at radius 2 is 2.29 bits per heavy atom. The van der Waals surface area contributed by atoms with Gasteiger partial charge < -0.3 is 15.0 Å². The lowest BCUT2D eigenvalue weighted by Gasteiger charge is -2.24. The van der Waals surface area contributed by atoms with Crippen molar-refractivity contribution in [3.8, 4) is 0 Å². The van der Waals surface area contributed by atoms with Crippen molar-refractivity contribution in [2.45, 2.75) is 45.3 Å². The summed E-state index contributed by atoms with van der Waals surface area (Å²) in [7, 11) is 1.92. The van der Waals surface area contributed by atoms with Gasteiger partial charge >= 0.3 is 6.09 Å². The molecule has 1 saturated heterocycles. The van der Waals surface area contributed by atoms with Gasteiger partial charge in [0.25, 0.3) is 0 Å². The van der Waals surface area contributed by atoms with Gasteiger partial charge in [-0.2, -0.15) is 5.10 Å². The Bertz CT molecular complexity index is 478. The number of amides is 1. The molecule has 1 aromatic rings. The fourth-order valence-corrected chi connectivity index (χ4v) is 2.42. The summed E-state index contributed by atoms with van der Waals surface area (Å²) in [5, 5.41) is 7.84. The van der Waals surface area contributed by atoms with Crippen molar-refractivity contribution in [2.24, 2.45) is 7.05 Å². The smallest absolute Gasteiger partial charge is 0.410 e. The van der Waals surface area contributed by atoms with Gasteiger partial charge in [0.05, 0.1) is 5.69 Å². The van der Waals surface area contributed by atoms with Gasteiger partial charge in [-0.3, -0.25) is 4.68 Å². The third kappa shape index (κ3) is 5.04. The lowest BCUT2D eigenvalue weighted by atomic mass is 10.2. The van der Waals surface area contributed by atoms with Gasteiger partial charge in [-0.05, 0) is 33.3 Å². The normalized spacial score (nSPS) is 19.0. The SMILES string of the molecule is Cn1ccc(CCNC2CCN(C(=O)OC(C)(C)C)C2)n1. The Kier molecular flexibility index (Phi) is 4.88. The van der Waals surface area contributed by atoms with Crippen molar-refractivity contribution in [3.05, 3.63) is 18.0 Å². The molecule has 6 nitrogen and oxygen atoms in total. The van der Waals surface area contributed by atoms with Crippen molar-refractivity contribution in [1.82, 2.24) is 20.0 Å². The minimum atomic E-state index is -0.429. The first-order valence-corrected chi connectivity index (χ1v) is 7.53. The highest BCUT2D eigenvalue weighted by atomic mass is 16.6. The molecule has 1 unspecified atom stereocenters. The number of carbonyl (C=O) groups is 1. The van der Waals surface area contributed by atoms with Crippen LogP contribution in [0.5, 0.6) is 0 Å². The highest BCUT2D eigenvalue weighted by Gasteiger charge is 2.29. The van der Waals surface area contributed by atoms with E-state index in [-0.39, 0.29) is 6.09 Å². The number of hydrogen-bond acceptors (Lipinski definition) is 4. The number of aryl methyl sites for hydroxylation is 1. The number of aromatic nitrogens is 2. The molecule has 0 saturated carbocycles. The van der Waals surface area contributed by atoms with Crippen molar-refractivity contribution in [2.75, 3.05) is 19.6 Å². The first kappa shape index (κ1) is 15.8. The molecular weight excluding hydrogens is 268 g/mol. The molecule has 1 aliphatic heterocycles. The summed E-state index contributed by atoms with van der Waals surface area (Å²) in [4.78, 5) is 13.7. The van der Waals surface area contributed by atoms with Gasteiger partial charge in [0.1, 0.15) is 5.60 Å².